The van der Waals surface area contributed by atoms with Gasteiger partial charge in [-0.3, -0.25) is 4.90 Å². The van der Waals surface area contributed by atoms with Gasteiger partial charge in [0.05, 0.1) is 0 Å². The number of unbranched alkanes of at least 4 members (excludes halogenated alkanes) is 1. The summed E-state index contributed by atoms with van der Waals surface area (Å²) in [5.74, 6) is 1.91. The van der Waals surface area contributed by atoms with Crippen LogP contribution in [0.4, 0.5) is 0 Å². The second kappa shape index (κ2) is 7.64. The van der Waals surface area contributed by atoms with Gasteiger partial charge < -0.3 is 5.32 Å². The van der Waals surface area contributed by atoms with Crippen LogP contribution in [-0.2, 0) is 0 Å². The van der Waals surface area contributed by atoms with Gasteiger partial charge in [-0.25, -0.2) is 0 Å². The molecule has 1 N–H and O–H groups in total. The molecule has 3 unspecified atom stereocenters. The van der Waals surface area contributed by atoms with Crippen LogP contribution in [-0.4, -0.2) is 36.6 Å². The van der Waals surface area contributed by atoms with Crippen molar-refractivity contribution in [3.8, 4) is 0 Å². The van der Waals surface area contributed by atoms with Crippen molar-refractivity contribution in [3.63, 3.8) is 0 Å². The van der Waals surface area contributed by atoms with Gasteiger partial charge in [0.2, 0.25) is 0 Å². The fourth-order valence-electron chi connectivity index (χ4n) is 3.48. The van der Waals surface area contributed by atoms with E-state index in [0.29, 0.717) is 0 Å². The first-order chi connectivity index (χ1) is 9.24. The number of nitrogens with one attached hydrogen (secondary N) is 1. The summed E-state index contributed by atoms with van der Waals surface area (Å²) < 4.78 is 0. The molecule has 1 aliphatic carbocycles. The van der Waals surface area contributed by atoms with Crippen LogP contribution in [0.1, 0.15) is 65.7 Å². The third-order valence-electron chi connectivity index (χ3n) is 5.25. The maximum absolute atomic E-state index is 3.80. The molecule has 0 amide bonds. The summed E-state index contributed by atoms with van der Waals surface area (Å²) >= 11 is 0. The maximum Gasteiger partial charge on any atom is 0.0223 e. The quantitative estimate of drug-likeness (QED) is 0.756. The molecule has 1 heterocycles. The first kappa shape index (κ1) is 15.3. The van der Waals surface area contributed by atoms with Crippen LogP contribution >= 0.6 is 0 Å². The van der Waals surface area contributed by atoms with E-state index in [-0.39, 0.29) is 0 Å². The molecule has 1 saturated carbocycles. The summed E-state index contributed by atoms with van der Waals surface area (Å²) in [6.45, 7) is 11.0. The molecule has 2 fully saturated rings. The van der Waals surface area contributed by atoms with Gasteiger partial charge in [0.15, 0.2) is 0 Å². The summed E-state index contributed by atoms with van der Waals surface area (Å²) in [5.41, 5.74) is 0. The van der Waals surface area contributed by atoms with E-state index >= 15 is 0 Å². The molecule has 19 heavy (non-hydrogen) atoms. The van der Waals surface area contributed by atoms with Crippen LogP contribution in [0.15, 0.2) is 0 Å². The smallest absolute Gasteiger partial charge is 0.0223 e. The lowest BCUT2D eigenvalue weighted by Gasteiger charge is -2.32. The van der Waals surface area contributed by atoms with Gasteiger partial charge in [0, 0.05) is 25.2 Å². The molecule has 1 saturated heterocycles. The minimum atomic E-state index is 0.770. The fraction of sp³-hybridized carbons (Fsp3) is 1.00. The van der Waals surface area contributed by atoms with E-state index < -0.39 is 0 Å². The number of hydrogen-bond donors (Lipinski definition) is 1. The molecule has 2 aliphatic rings. The normalized spacial score (nSPS) is 31.1. The maximum atomic E-state index is 3.80. The minimum Gasteiger partial charge on any atom is -0.312 e. The summed E-state index contributed by atoms with van der Waals surface area (Å²) in [6, 6.07) is 1.56. The van der Waals surface area contributed by atoms with Gasteiger partial charge in [0.25, 0.3) is 0 Å². The Morgan fingerprint density at radius 1 is 1.21 bits per heavy atom. The highest BCUT2D eigenvalue weighted by atomic mass is 15.2. The Morgan fingerprint density at radius 3 is 2.63 bits per heavy atom. The third kappa shape index (κ3) is 4.75. The lowest BCUT2D eigenvalue weighted by Crippen LogP contribution is -2.43. The molecule has 112 valence electrons. The Hall–Kier alpha value is -0.0800. The second-order valence-corrected chi connectivity index (χ2v) is 6.91. The molecular formula is C17H34N2. The van der Waals surface area contributed by atoms with Crippen LogP contribution in [0, 0.1) is 11.8 Å². The Kier molecular flexibility index (Phi) is 6.15. The highest BCUT2D eigenvalue weighted by Crippen LogP contribution is 2.34. The van der Waals surface area contributed by atoms with Crippen molar-refractivity contribution in [3.05, 3.63) is 0 Å². The van der Waals surface area contributed by atoms with Crippen LogP contribution in [0.2, 0.25) is 0 Å². The predicted octanol–water partition coefficient (Wildman–Crippen LogP) is 3.67. The molecular weight excluding hydrogens is 232 g/mol. The van der Waals surface area contributed by atoms with Gasteiger partial charge in [-0.1, -0.05) is 33.1 Å². The molecule has 0 aromatic rings. The van der Waals surface area contributed by atoms with Crippen molar-refractivity contribution in [1.82, 2.24) is 10.2 Å². The van der Waals surface area contributed by atoms with E-state index in [9.17, 15) is 0 Å². The minimum absolute atomic E-state index is 0.770. The SMILES string of the molecule is CCCCC(CC)CN1CC(C2CC2)NCCC1C. The summed E-state index contributed by atoms with van der Waals surface area (Å²) in [4.78, 5) is 2.80. The lowest BCUT2D eigenvalue weighted by atomic mass is 9.97. The van der Waals surface area contributed by atoms with E-state index in [1.165, 1.54) is 64.6 Å². The summed E-state index contributed by atoms with van der Waals surface area (Å²) in [5, 5.41) is 3.80. The van der Waals surface area contributed by atoms with Crippen LogP contribution < -0.4 is 5.32 Å². The predicted molar refractivity (Wildman–Crippen MR) is 83.5 cm³/mol. The molecule has 0 aromatic heterocycles. The van der Waals surface area contributed by atoms with E-state index in [4.69, 9.17) is 0 Å². The summed E-state index contributed by atoms with van der Waals surface area (Å²) in [6.07, 6.45) is 9.79. The molecule has 1 aliphatic heterocycles. The number of nitrogens with zero attached hydrogens (tertiary/aromatic N) is 1. The van der Waals surface area contributed by atoms with Crippen LogP contribution in [0.25, 0.3) is 0 Å². The van der Waals surface area contributed by atoms with Crippen LogP contribution in [0.3, 0.4) is 0 Å². The highest BCUT2D eigenvalue weighted by Gasteiger charge is 2.34. The van der Waals surface area contributed by atoms with Crippen molar-refractivity contribution >= 4 is 0 Å². The van der Waals surface area contributed by atoms with E-state index in [0.717, 1.165) is 23.9 Å². The van der Waals surface area contributed by atoms with Crippen molar-refractivity contribution in [2.75, 3.05) is 19.6 Å². The molecule has 0 bridgehead atoms. The zero-order valence-corrected chi connectivity index (χ0v) is 13.3. The zero-order valence-electron chi connectivity index (χ0n) is 13.3. The molecule has 0 spiro atoms. The topological polar surface area (TPSA) is 15.3 Å². The Morgan fingerprint density at radius 2 is 2.00 bits per heavy atom. The molecule has 2 heteroatoms. The molecule has 0 aromatic carbocycles. The van der Waals surface area contributed by atoms with Gasteiger partial charge in [-0.05, 0) is 51.0 Å². The molecule has 2 rings (SSSR count). The van der Waals surface area contributed by atoms with E-state index in [1.807, 2.05) is 0 Å². The van der Waals surface area contributed by atoms with Crippen molar-refractivity contribution in [2.24, 2.45) is 11.8 Å². The Balaban J connectivity index is 1.86. The molecule has 3 atom stereocenters. The molecule has 0 radical (unpaired) electrons. The third-order valence-corrected chi connectivity index (χ3v) is 5.25. The van der Waals surface area contributed by atoms with Crippen LogP contribution in [0.5, 0.6) is 0 Å². The van der Waals surface area contributed by atoms with Gasteiger partial charge in [-0.2, -0.15) is 0 Å². The standard InChI is InChI=1S/C17H34N2/c1-4-6-7-15(5-2)12-19-13-17(16-8-9-16)18-11-10-14(19)3/h14-18H,4-13H2,1-3H3. The van der Waals surface area contributed by atoms with E-state index in [2.05, 4.69) is 31.0 Å². The largest absolute Gasteiger partial charge is 0.312 e. The zero-order chi connectivity index (χ0) is 13.7. The molecule has 2 nitrogen and oxygen atoms in total. The average molecular weight is 266 g/mol. The number of hydrogen-bond acceptors (Lipinski definition) is 2. The van der Waals surface area contributed by atoms with Crippen molar-refractivity contribution in [2.45, 2.75) is 77.8 Å². The lowest BCUT2D eigenvalue weighted by molar-refractivity contribution is 0.162. The average Bonchev–Trinajstić information content (AvgIpc) is 3.23. The fourth-order valence-corrected chi connectivity index (χ4v) is 3.48. The Bertz CT molecular complexity index is 250. The van der Waals surface area contributed by atoms with Gasteiger partial charge in [0.1, 0.15) is 0 Å². The summed E-state index contributed by atoms with van der Waals surface area (Å²) in [7, 11) is 0. The van der Waals surface area contributed by atoms with Gasteiger partial charge >= 0.3 is 0 Å². The Labute approximate surface area is 120 Å². The second-order valence-electron chi connectivity index (χ2n) is 6.91. The van der Waals surface area contributed by atoms with Gasteiger partial charge in [-0.15, -0.1) is 0 Å². The number of rotatable bonds is 7. The van der Waals surface area contributed by atoms with E-state index in [1.54, 1.807) is 0 Å². The highest BCUT2D eigenvalue weighted by molar-refractivity contribution is 4.92. The first-order valence-electron chi connectivity index (χ1n) is 8.72. The first-order valence-corrected chi connectivity index (χ1v) is 8.72. The van der Waals surface area contributed by atoms with Crippen molar-refractivity contribution < 1.29 is 0 Å². The monoisotopic (exact) mass is 266 g/mol. The van der Waals surface area contributed by atoms with Crippen molar-refractivity contribution in [1.29, 1.82) is 0 Å².